The molecule has 0 radical (unpaired) electrons. The van der Waals surface area contributed by atoms with Crippen molar-refractivity contribution in [2.24, 2.45) is 0 Å². The van der Waals surface area contributed by atoms with Gasteiger partial charge in [0.1, 0.15) is 0 Å². The minimum absolute atomic E-state index is 0.309. The zero-order valence-corrected chi connectivity index (χ0v) is 15.5. The monoisotopic (exact) mass is 316 g/mol. The predicted molar refractivity (Wildman–Crippen MR) is 91.0 cm³/mol. The third kappa shape index (κ3) is 10.4. The maximum absolute atomic E-state index is 6.00. The first kappa shape index (κ1) is 19.1. The molecule has 126 valence electrons. The smallest absolute Gasteiger partial charge is 0.331 e. The molecule has 0 aromatic heterocycles. The van der Waals surface area contributed by atoms with Crippen LogP contribution in [0.1, 0.15) is 71.1 Å². The summed E-state index contributed by atoms with van der Waals surface area (Å²) in [6, 6.07) is 0. The van der Waals surface area contributed by atoms with Crippen LogP contribution >= 0.6 is 0 Å². The fourth-order valence-electron chi connectivity index (χ4n) is 2.66. The van der Waals surface area contributed by atoms with Crippen molar-refractivity contribution < 1.29 is 13.6 Å². The van der Waals surface area contributed by atoms with Crippen molar-refractivity contribution in [2.75, 3.05) is 19.8 Å². The van der Waals surface area contributed by atoms with Crippen LogP contribution in [0.2, 0.25) is 13.1 Å². The summed E-state index contributed by atoms with van der Waals surface area (Å²) in [5, 5.41) is 0. The molecule has 4 heteroatoms. The van der Waals surface area contributed by atoms with Crippen LogP contribution in [0.5, 0.6) is 0 Å². The lowest BCUT2D eigenvalue weighted by Crippen LogP contribution is -2.37. The molecule has 0 N–H and O–H groups in total. The molecule has 0 amide bonds. The molecule has 1 unspecified atom stereocenters. The van der Waals surface area contributed by atoms with Gasteiger partial charge in [0, 0.05) is 13.2 Å². The topological polar surface area (TPSA) is 27.7 Å². The van der Waals surface area contributed by atoms with Gasteiger partial charge in [-0.3, -0.25) is 0 Å². The van der Waals surface area contributed by atoms with Crippen molar-refractivity contribution in [3.05, 3.63) is 0 Å². The molecule has 1 fully saturated rings. The summed E-state index contributed by atoms with van der Waals surface area (Å²) in [7, 11) is -1.94. The first-order valence-corrected chi connectivity index (χ1v) is 11.9. The van der Waals surface area contributed by atoms with Crippen molar-refractivity contribution >= 4 is 8.56 Å². The quantitative estimate of drug-likeness (QED) is 0.352. The standard InChI is InChI=1S/C17H36O3Si/c1-4-5-6-7-8-9-10-11-15-19-21(2,3)20-16-17-13-12-14-18-17/h17H,4-16H2,1-3H3. The minimum Gasteiger partial charge on any atom is -0.395 e. The van der Waals surface area contributed by atoms with Gasteiger partial charge < -0.3 is 13.6 Å². The van der Waals surface area contributed by atoms with Crippen LogP contribution in [0.15, 0.2) is 0 Å². The van der Waals surface area contributed by atoms with Crippen LogP contribution < -0.4 is 0 Å². The molecule has 1 aliphatic rings. The van der Waals surface area contributed by atoms with Gasteiger partial charge in [-0.05, 0) is 32.4 Å². The van der Waals surface area contributed by atoms with E-state index in [9.17, 15) is 0 Å². The Bertz CT molecular complexity index is 240. The van der Waals surface area contributed by atoms with Gasteiger partial charge in [0.15, 0.2) is 0 Å². The van der Waals surface area contributed by atoms with Gasteiger partial charge in [0.2, 0.25) is 0 Å². The molecule has 0 aromatic rings. The second kappa shape index (κ2) is 11.6. The number of hydrogen-bond acceptors (Lipinski definition) is 3. The minimum atomic E-state index is -1.94. The van der Waals surface area contributed by atoms with Gasteiger partial charge in [-0.2, -0.15) is 0 Å². The van der Waals surface area contributed by atoms with Crippen LogP contribution in [0.4, 0.5) is 0 Å². The van der Waals surface area contributed by atoms with E-state index < -0.39 is 8.56 Å². The molecule has 0 aliphatic carbocycles. The highest BCUT2D eigenvalue weighted by Gasteiger charge is 2.27. The maximum atomic E-state index is 6.00. The first-order valence-electron chi connectivity index (χ1n) is 9.03. The van der Waals surface area contributed by atoms with E-state index in [4.69, 9.17) is 13.6 Å². The Hall–Kier alpha value is 0.0969. The van der Waals surface area contributed by atoms with E-state index in [0.29, 0.717) is 6.10 Å². The second-order valence-corrected chi connectivity index (χ2v) is 10.0. The highest BCUT2D eigenvalue weighted by atomic mass is 28.4. The van der Waals surface area contributed by atoms with E-state index in [-0.39, 0.29) is 0 Å². The Morgan fingerprint density at radius 1 is 0.952 bits per heavy atom. The molecule has 0 aromatic carbocycles. The lowest BCUT2D eigenvalue weighted by atomic mass is 10.1. The van der Waals surface area contributed by atoms with Gasteiger partial charge in [0.05, 0.1) is 12.7 Å². The fraction of sp³-hybridized carbons (Fsp3) is 1.00. The van der Waals surface area contributed by atoms with E-state index in [1.807, 2.05) is 0 Å². The number of ether oxygens (including phenoxy) is 1. The molecular formula is C17H36O3Si. The molecule has 0 bridgehead atoms. The van der Waals surface area contributed by atoms with E-state index in [1.54, 1.807) is 0 Å². The average Bonchev–Trinajstić information content (AvgIpc) is 2.97. The normalized spacial score (nSPS) is 19.3. The highest BCUT2D eigenvalue weighted by Crippen LogP contribution is 2.16. The number of unbranched alkanes of at least 4 members (excludes halogenated alkanes) is 7. The molecular weight excluding hydrogens is 280 g/mol. The fourth-order valence-corrected chi connectivity index (χ4v) is 3.97. The van der Waals surface area contributed by atoms with E-state index >= 15 is 0 Å². The van der Waals surface area contributed by atoms with Gasteiger partial charge in [-0.15, -0.1) is 0 Å². The van der Waals surface area contributed by atoms with Crippen molar-refractivity contribution in [1.29, 1.82) is 0 Å². The second-order valence-electron chi connectivity index (χ2n) is 6.67. The Labute approximate surface area is 133 Å². The predicted octanol–water partition coefficient (Wildman–Crippen LogP) is 5.04. The Kier molecular flexibility index (Phi) is 10.6. The largest absolute Gasteiger partial charge is 0.395 e. The molecule has 21 heavy (non-hydrogen) atoms. The van der Waals surface area contributed by atoms with Crippen molar-refractivity contribution in [1.82, 2.24) is 0 Å². The van der Waals surface area contributed by atoms with Gasteiger partial charge in [-0.25, -0.2) is 0 Å². The molecule has 1 heterocycles. The summed E-state index contributed by atoms with van der Waals surface area (Å²) in [5.41, 5.74) is 0. The first-order chi connectivity index (χ1) is 10.1. The van der Waals surface area contributed by atoms with Crippen LogP contribution in [0, 0.1) is 0 Å². The zero-order chi connectivity index (χ0) is 15.4. The summed E-state index contributed by atoms with van der Waals surface area (Å²) in [6.45, 7) is 9.04. The number of hydrogen-bond donors (Lipinski definition) is 0. The molecule has 0 saturated carbocycles. The molecule has 1 saturated heterocycles. The third-order valence-electron chi connectivity index (χ3n) is 4.09. The SMILES string of the molecule is CCCCCCCCCCO[Si](C)(C)OCC1CCCO1. The van der Waals surface area contributed by atoms with Gasteiger partial charge in [-0.1, -0.05) is 51.9 Å². The lowest BCUT2D eigenvalue weighted by Gasteiger charge is -2.24. The molecule has 0 spiro atoms. The zero-order valence-electron chi connectivity index (χ0n) is 14.5. The molecule has 3 nitrogen and oxygen atoms in total. The van der Waals surface area contributed by atoms with Crippen molar-refractivity contribution in [3.8, 4) is 0 Å². The third-order valence-corrected chi connectivity index (χ3v) is 5.85. The maximum Gasteiger partial charge on any atom is 0.331 e. The summed E-state index contributed by atoms with van der Waals surface area (Å²) >= 11 is 0. The van der Waals surface area contributed by atoms with Crippen LogP contribution in [0.25, 0.3) is 0 Å². The van der Waals surface area contributed by atoms with Crippen LogP contribution in [-0.2, 0) is 13.6 Å². The summed E-state index contributed by atoms with van der Waals surface area (Å²) in [6.07, 6.45) is 13.4. The van der Waals surface area contributed by atoms with Crippen molar-refractivity contribution in [2.45, 2.75) is 90.3 Å². The molecule has 1 atom stereocenters. The van der Waals surface area contributed by atoms with E-state index in [2.05, 4.69) is 20.0 Å². The van der Waals surface area contributed by atoms with Gasteiger partial charge in [0.25, 0.3) is 0 Å². The molecule has 1 aliphatic heterocycles. The summed E-state index contributed by atoms with van der Waals surface area (Å²) in [5.74, 6) is 0. The number of rotatable bonds is 13. The summed E-state index contributed by atoms with van der Waals surface area (Å²) in [4.78, 5) is 0. The lowest BCUT2D eigenvalue weighted by molar-refractivity contribution is 0.0504. The Morgan fingerprint density at radius 2 is 1.62 bits per heavy atom. The van der Waals surface area contributed by atoms with Gasteiger partial charge >= 0.3 is 8.56 Å². The Balaban J connectivity index is 1.90. The van der Waals surface area contributed by atoms with Crippen LogP contribution in [-0.4, -0.2) is 34.5 Å². The Morgan fingerprint density at radius 3 is 2.24 bits per heavy atom. The molecule has 1 rings (SSSR count). The van der Waals surface area contributed by atoms with E-state index in [1.165, 1.54) is 57.8 Å². The average molecular weight is 317 g/mol. The summed E-state index contributed by atoms with van der Waals surface area (Å²) < 4.78 is 17.6. The van der Waals surface area contributed by atoms with Crippen molar-refractivity contribution in [3.63, 3.8) is 0 Å². The highest BCUT2D eigenvalue weighted by molar-refractivity contribution is 6.64. The van der Waals surface area contributed by atoms with E-state index in [0.717, 1.165) is 26.2 Å². The van der Waals surface area contributed by atoms with Crippen LogP contribution in [0.3, 0.4) is 0 Å².